The van der Waals surface area contributed by atoms with Gasteiger partial charge in [-0.05, 0) is 99.6 Å². The highest BCUT2D eigenvalue weighted by Crippen LogP contribution is 2.48. The fourth-order valence-corrected chi connectivity index (χ4v) is 9.99. The number of hydrogen-bond donors (Lipinski definition) is 0. The van der Waals surface area contributed by atoms with E-state index in [0.717, 1.165) is 16.9 Å². The number of hydrogen-bond acceptors (Lipinski definition) is 2. The molecular weight excluding hydrogens is 673 g/mol. The minimum atomic E-state index is 1.02. The Labute approximate surface area is 315 Å². The summed E-state index contributed by atoms with van der Waals surface area (Å²) in [6.45, 7) is 0. The lowest BCUT2D eigenvalue weighted by atomic mass is 9.96. The third kappa shape index (κ3) is 4.30. The number of thiophene rings is 1. The third-order valence-corrected chi connectivity index (χ3v) is 12.5. The van der Waals surface area contributed by atoms with Crippen molar-refractivity contribution in [1.82, 2.24) is 9.55 Å². The first-order valence-corrected chi connectivity index (χ1v) is 19.3. The number of benzene rings is 8. The van der Waals surface area contributed by atoms with Crippen molar-refractivity contribution in [1.29, 1.82) is 0 Å². The van der Waals surface area contributed by atoms with Gasteiger partial charge in [-0.3, -0.25) is 4.98 Å². The summed E-state index contributed by atoms with van der Waals surface area (Å²) in [6.07, 6.45) is 2.07. The Morgan fingerprint density at radius 3 is 1.74 bits per heavy atom. The Hall–Kier alpha value is -6.81. The number of pyridine rings is 1. The van der Waals surface area contributed by atoms with Crippen molar-refractivity contribution in [3.8, 4) is 61.5 Å². The average molecular weight is 703 g/mol. The van der Waals surface area contributed by atoms with Crippen LogP contribution in [0.4, 0.5) is 0 Å². The van der Waals surface area contributed by atoms with Gasteiger partial charge in [-0.15, -0.1) is 11.3 Å². The Balaban J connectivity index is 1.02. The van der Waals surface area contributed by atoms with Gasteiger partial charge in [-0.1, -0.05) is 115 Å². The van der Waals surface area contributed by atoms with Crippen molar-refractivity contribution in [2.75, 3.05) is 0 Å². The summed E-state index contributed by atoms with van der Waals surface area (Å²) < 4.78 is 5.06. The standard InChI is InChI=1S/C51H30N2S/c1-2-12-36(13-3-1)53-46-23-20-32(27-42(46)43-28-33(21-24-47(43)53)34-22-25-49-44(29-34)39-16-6-7-19-48(39)54-49)31-10-8-11-35(26-31)51-41-18-9-17-40-37-14-4-5-15-38(37)45(30-52-51)50(40)41/h1-30H. The van der Waals surface area contributed by atoms with E-state index in [2.05, 4.69) is 187 Å². The molecule has 3 heteroatoms. The molecular formula is C51H30N2S. The molecule has 12 rings (SSSR count). The second-order valence-corrected chi connectivity index (χ2v) is 15.4. The summed E-state index contributed by atoms with van der Waals surface area (Å²) in [5, 5.41) is 7.62. The van der Waals surface area contributed by atoms with Crippen LogP contribution in [0.25, 0.3) is 114 Å². The highest BCUT2D eigenvalue weighted by atomic mass is 32.1. The molecule has 3 aromatic heterocycles. The molecule has 2 nitrogen and oxygen atoms in total. The van der Waals surface area contributed by atoms with Gasteiger partial charge < -0.3 is 4.57 Å². The van der Waals surface area contributed by atoms with Gasteiger partial charge in [0, 0.05) is 64.7 Å². The van der Waals surface area contributed by atoms with Crippen LogP contribution in [-0.4, -0.2) is 9.55 Å². The largest absolute Gasteiger partial charge is 0.309 e. The maximum Gasteiger partial charge on any atom is 0.0781 e. The second kappa shape index (κ2) is 11.3. The molecule has 0 aliphatic heterocycles. The molecule has 0 N–H and O–H groups in total. The minimum Gasteiger partial charge on any atom is -0.309 e. The summed E-state index contributed by atoms with van der Waals surface area (Å²) in [7, 11) is 0. The maximum atomic E-state index is 5.11. The molecule has 0 atom stereocenters. The Kier molecular flexibility index (Phi) is 6.25. The quantitative estimate of drug-likeness (QED) is 0.179. The van der Waals surface area contributed by atoms with Gasteiger partial charge in [0.2, 0.25) is 0 Å². The van der Waals surface area contributed by atoms with Crippen LogP contribution in [0.5, 0.6) is 0 Å². The fourth-order valence-electron chi connectivity index (χ4n) is 8.90. The Morgan fingerprint density at radius 1 is 0.370 bits per heavy atom. The van der Waals surface area contributed by atoms with Crippen LogP contribution in [-0.2, 0) is 0 Å². The summed E-state index contributed by atoms with van der Waals surface area (Å²) in [5.74, 6) is 0. The van der Waals surface area contributed by atoms with Gasteiger partial charge in [-0.2, -0.15) is 0 Å². The van der Waals surface area contributed by atoms with Gasteiger partial charge in [0.05, 0.1) is 16.7 Å². The first-order valence-electron chi connectivity index (χ1n) is 18.4. The summed E-state index contributed by atoms with van der Waals surface area (Å²) in [6, 6.07) is 64.5. The van der Waals surface area contributed by atoms with Crippen molar-refractivity contribution < 1.29 is 0 Å². The fraction of sp³-hybridized carbons (Fsp3) is 0. The predicted molar refractivity (Wildman–Crippen MR) is 230 cm³/mol. The van der Waals surface area contributed by atoms with Gasteiger partial charge in [-0.25, -0.2) is 0 Å². The maximum absolute atomic E-state index is 5.11. The molecule has 11 aromatic rings. The van der Waals surface area contributed by atoms with E-state index in [1.807, 2.05) is 11.3 Å². The van der Waals surface area contributed by atoms with E-state index in [0.29, 0.717) is 0 Å². The molecule has 0 spiro atoms. The highest BCUT2D eigenvalue weighted by Gasteiger charge is 2.23. The highest BCUT2D eigenvalue weighted by molar-refractivity contribution is 7.25. The van der Waals surface area contributed by atoms with E-state index in [9.17, 15) is 0 Å². The third-order valence-electron chi connectivity index (χ3n) is 11.4. The van der Waals surface area contributed by atoms with E-state index in [1.165, 1.54) is 97.3 Å². The van der Waals surface area contributed by atoms with Crippen molar-refractivity contribution in [3.63, 3.8) is 0 Å². The summed E-state index contributed by atoms with van der Waals surface area (Å²) in [4.78, 5) is 5.11. The van der Waals surface area contributed by atoms with Crippen molar-refractivity contribution in [2.24, 2.45) is 0 Å². The lowest BCUT2D eigenvalue weighted by molar-refractivity contribution is 1.18. The van der Waals surface area contributed by atoms with Gasteiger partial charge in [0.1, 0.15) is 0 Å². The lowest BCUT2D eigenvalue weighted by Gasteiger charge is -2.11. The molecule has 0 saturated carbocycles. The number of para-hydroxylation sites is 1. The molecule has 3 heterocycles. The van der Waals surface area contributed by atoms with Crippen LogP contribution < -0.4 is 0 Å². The molecule has 1 aliphatic rings. The smallest absolute Gasteiger partial charge is 0.0781 e. The first-order chi connectivity index (χ1) is 26.8. The van der Waals surface area contributed by atoms with Crippen molar-refractivity contribution >= 4 is 64.1 Å². The molecule has 1 aliphatic carbocycles. The summed E-state index contributed by atoms with van der Waals surface area (Å²) >= 11 is 1.86. The zero-order valence-corrected chi connectivity index (χ0v) is 29.9. The van der Waals surface area contributed by atoms with E-state index < -0.39 is 0 Å². The van der Waals surface area contributed by atoms with Crippen LogP contribution in [0, 0.1) is 0 Å². The zero-order chi connectivity index (χ0) is 35.3. The summed E-state index contributed by atoms with van der Waals surface area (Å²) in [5.41, 5.74) is 15.6. The molecule has 0 saturated heterocycles. The molecule has 8 aromatic carbocycles. The molecule has 0 fully saturated rings. The minimum absolute atomic E-state index is 1.02. The molecule has 0 radical (unpaired) electrons. The molecule has 250 valence electrons. The van der Waals surface area contributed by atoms with Gasteiger partial charge in [0.15, 0.2) is 0 Å². The SMILES string of the molecule is c1ccc(-n2c3ccc(-c4cccc(-c5ncc6c7c(cccc57)-c5ccccc5-6)c4)cc3c3cc(-c4ccc5sc6ccccc6c5c4)ccc32)cc1. The number of nitrogens with zero attached hydrogens (tertiary/aromatic N) is 2. The number of fused-ring (bicyclic) bond motifs is 9. The molecule has 0 unspecified atom stereocenters. The monoisotopic (exact) mass is 702 g/mol. The van der Waals surface area contributed by atoms with E-state index in [4.69, 9.17) is 4.98 Å². The second-order valence-electron chi connectivity index (χ2n) is 14.3. The Morgan fingerprint density at radius 2 is 0.944 bits per heavy atom. The topological polar surface area (TPSA) is 17.8 Å². The van der Waals surface area contributed by atoms with Crippen LogP contribution in [0.2, 0.25) is 0 Å². The molecule has 0 bridgehead atoms. The van der Waals surface area contributed by atoms with Crippen LogP contribution in [0.15, 0.2) is 182 Å². The number of aromatic nitrogens is 2. The van der Waals surface area contributed by atoms with Crippen LogP contribution in [0.1, 0.15) is 0 Å². The van der Waals surface area contributed by atoms with Gasteiger partial charge in [0.25, 0.3) is 0 Å². The van der Waals surface area contributed by atoms with E-state index in [1.54, 1.807) is 0 Å². The van der Waals surface area contributed by atoms with E-state index in [-0.39, 0.29) is 0 Å². The van der Waals surface area contributed by atoms with Crippen LogP contribution >= 0.6 is 11.3 Å². The molecule has 54 heavy (non-hydrogen) atoms. The average Bonchev–Trinajstić information content (AvgIpc) is 3.89. The Bertz CT molecular complexity index is 3300. The lowest BCUT2D eigenvalue weighted by Crippen LogP contribution is -1.93. The molecule has 0 amide bonds. The van der Waals surface area contributed by atoms with Gasteiger partial charge >= 0.3 is 0 Å². The predicted octanol–water partition coefficient (Wildman–Crippen LogP) is 14.3. The normalized spacial score (nSPS) is 12.1. The van der Waals surface area contributed by atoms with E-state index >= 15 is 0 Å². The van der Waals surface area contributed by atoms with Crippen molar-refractivity contribution in [3.05, 3.63) is 182 Å². The number of rotatable bonds is 4. The first kappa shape index (κ1) is 29.7. The van der Waals surface area contributed by atoms with Crippen LogP contribution in [0.3, 0.4) is 0 Å². The van der Waals surface area contributed by atoms with Crippen molar-refractivity contribution in [2.45, 2.75) is 0 Å². The zero-order valence-electron chi connectivity index (χ0n) is 29.1.